The molecule has 0 unspecified atom stereocenters. The highest BCUT2D eigenvalue weighted by molar-refractivity contribution is 5.76. The van der Waals surface area contributed by atoms with Crippen LogP contribution in [-0.2, 0) is 6.54 Å². The summed E-state index contributed by atoms with van der Waals surface area (Å²) in [6.07, 6.45) is 10.5. The average molecular weight is 425 g/mol. The molecular weight excluding hydrogens is 388 g/mol. The van der Waals surface area contributed by atoms with Gasteiger partial charge < -0.3 is 4.90 Å². The molecule has 0 amide bonds. The number of nitrogens with zero attached hydrogens (tertiary/aromatic N) is 6. The topological polar surface area (TPSA) is 78.9 Å². The number of aromatic nitrogens is 2. The second-order valence-electron chi connectivity index (χ2n) is 9.39. The molecule has 168 valence electrons. The van der Waals surface area contributed by atoms with Gasteiger partial charge >= 0.3 is 5.69 Å². The van der Waals surface area contributed by atoms with E-state index in [0.29, 0.717) is 13.1 Å². The number of benzene rings is 1. The first kappa shape index (κ1) is 22.0. The van der Waals surface area contributed by atoms with Crippen molar-refractivity contribution < 1.29 is 0 Å². The van der Waals surface area contributed by atoms with Crippen LogP contribution in [0, 0.1) is 11.8 Å². The lowest BCUT2D eigenvalue weighted by molar-refractivity contribution is 0.105. The number of likely N-dealkylation sites (tertiary alicyclic amines) is 1. The lowest BCUT2D eigenvalue weighted by Gasteiger charge is -2.40. The zero-order valence-electron chi connectivity index (χ0n) is 18.8. The van der Waals surface area contributed by atoms with Gasteiger partial charge in [-0.3, -0.25) is 9.13 Å². The molecule has 2 aromatic rings. The van der Waals surface area contributed by atoms with E-state index >= 15 is 0 Å². The van der Waals surface area contributed by atoms with Crippen molar-refractivity contribution in [3.8, 4) is 0 Å². The number of piperidine rings is 1. The predicted molar refractivity (Wildman–Crippen MR) is 125 cm³/mol. The molecule has 0 radical (unpaired) electrons. The summed E-state index contributed by atoms with van der Waals surface area (Å²) in [5.41, 5.74) is 11.0. The molecule has 1 saturated heterocycles. The summed E-state index contributed by atoms with van der Waals surface area (Å²) in [6.45, 7) is 6.18. The Kier molecular flexibility index (Phi) is 7.36. The standard InChI is InChI=1S/C24H36N6O/c1-2-29-22-12-8-9-13-23(22)30(24(29)31)21-14-15-28(18-20(21)16-26-27-25)17-19-10-6-4-3-5-7-11-19/h8-9,12-13,19-21H,2-7,10-11,14-18H2,1H3/t20-,21+/m1/s1. The maximum absolute atomic E-state index is 13.3. The van der Waals surface area contributed by atoms with Crippen molar-refractivity contribution in [2.45, 2.75) is 70.9 Å². The monoisotopic (exact) mass is 424 g/mol. The lowest BCUT2D eigenvalue weighted by Crippen LogP contribution is -2.46. The van der Waals surface area contributed by atoms with Crippen LogP contribution in [0.25, 0.3) is 21.5 Å². The Balaban J connectivity index is 1.57. The van der Waals surface area contributed by atoms with Crippen LogP contribution in [0.15, 0.2) is 34.2 Å². The van der Waals surface area contributed by atoms with Gasteiger partial charge in [0.25, 0.3) is 0 Å². The van der Waals surface area contributed by atoms with Crippen molar-refractivity contribution >= 4 is 11.0 Å². The summed E-state index contributed by atoms with van der Waals surface area (Å²) in [5, 5.41) is 3.95. The Hall–Kier alpha value is -2.24. The van der Waals surface area contributed by atoms with Crippen molar-refractivity contribution in [2.24, 2.45) is 17.0 Å². The zero-order chi connectivity index (χ0) is 21.6. The fraction of sp³-hybridized carbons (Fsp3) is 0.708. The molecule has 2 aliphatic rings. The molecule has 2 atom stereocenters. The third-order valence-corrected chi connectivity index (χ3v) is 7.42. The highest BCUT2D eigenvalue weighted by Crippen LogP contribution is 2.32. The summed E-state index contributed by atoms with van der Waals surface area (Å²) in [4.78, 5) is 18.9. The summed E-state index contributed by atoms with van der Waals surface area (Å²) < 4.78 is 3.85. The zero-order valence-corrected chi connectivity index (χ0v) is 18.8. The summed E-state index contributed by atoms with van der Waals surface area (Å²) >= 11 is 0. The minimum absolute atomic E-state index is 0.0631. The number of hydrogen-bond acceptors (Lipinski definition) is 3. The molecular formula is C24H36N6O. The van der Waals surface area contributed by atoms with E-state index in [4.69, 9.17) is 5.53 Å². The quantitative estimate of drug-likeness (QED) is 0.356. The van der Waals surface area contributed by atoms with E-state index in [1.807, 2.05) is 40.3 Å². The van der Waals surface area contributed by atoms with Gasteiger partial charge in [-0.2, -0.15) is 0 Å². The maximum atomic E-state index is 13.3. The number of rotatable bonds is 6. The molecule has 0 bridgehead atoms. The Morgan fingerprint density at radius 2 is 1.77 bits per heavy atom. The fourth-order valence-electron chi connectivity index (χ4n) is 5.87. The van der Waals surface area contributed by atoms with Crippen LogP contribution < -0.4 is 5.69 Å². The molecule has 1 saturated carbocycles. The maximum Gasteiger partial charge on any atom is 0.329 e. The van der Waals surface area contributed by atoms with Crippen LogP contribution in [0.2, 0.25) is 0 Å². The van der Waals surface area contributed by atoms with E-state index < -0.39 is 0 Å². The van der Waals surface area contributed by atoms with Crippen molar-refractivity contribution in [1.82, 2.24) is 14.0 Å². The van der Waals surface area contributed by atoms with Crippen molar-refractivity contribution in [1.29, 1.82) is 0 Å². The van der Waals surface area contributed by atoms with Gasteiger partial charge in [0.15, 0.2) is 0 Å². The molecule has 7 heteroatoms. The van der Waals surface area contributed by atoms with Crippen LogP contribution in [0.5, 0.6) is 0 Å². The Morgan fingerprint density at radius 3 is 2.48 bits per heavy atom. The molecule has 0 spiro atoms. The van der Waals surface area contributed by atoms with Crippen molar-refractivity contribution in [3.05, 3.63) is 45.2 Å². The average Bonchev–Trinajstić information content (AvgIpc) is 3.05. The first-order valence-electron chi connectivity index (χ1n) is 12.2. The molecule has 1 aromatic carbocycles. The number of imidazole rings is 1. The largest absolute Gasteiger partial charge is 0.329 e. The molecule has 31 heavy (non-hydrogen) atoms. The van der Waals surface area contributed by atoms with E-state index in [2.05, 4.69) is 14.9 Å². The highest BCUT2D eigenvalue weighted by atomic mass is 16.1. The summed E-state index contributed by atoms with van der Waals surface area (Å²) in [6, 6.07) is 8.15. The molecule has 2 heterocycles. The van der Waals surface area contributed by atoms with Crippen LogP contribution in [0.4, 0.5) is 0 Å². The van der Waals surface area contributed by atoms with Crippen molar-refractivity contribution in [3.63, 3.8) is 0 Å². The van der Waals surface area contributed by atoms with E-state index in [9.17, 15) is 4.79 Å². The van der Waals surface area contributed by atoms with Gasteiger partial charge in [-0.1, -0.05) is 49.4 Å². The Morgan fingerprint density at radius 1 is 1.06 bits per heavy atom. The Labute approximate surface area is 184 Å². The van der Waals surface area contributed by atoms with Crippen molar-refractivity contribution in [2.75, 3.05) is 26.2 Å². The SMILES string of the molecule is CCn1c(=O)n([C@H]2CCN(CC3CCCCCCC3)C[C@H]2CN=[N+]=[N-])c2ccccc21. The first-order valence-corrected chi connectivity index (χ1v) is 12.2. The van der Waals surface area contributed by atoms with Gasteiger partial charge in [-0.05, 0) is 55.7 Å². The molecule has 1 aromatic heterocycles. The van der Waals surface area contributed by atoms with Gasteiger partial charge in [0.1, 0.15) is 0 Å². The number of azide groups is 1. The van der Waals surface area contributed by atoms with E-state index in [1.165, 1.54) is 44.9 Å². The molecule has 1 aliphatic heterocycles. The molecule has 2 fully saturated rings. The fourth-order valence-corrected chi connectivity index (χ4v) is 5.87. The summed E-state index contributed by atoms with van der Waals surface area (Å²) in [7, 11) is 0. The van der Waals surface area contributed by atoms with E-state index in [0.717, 1.165) is 43.0 Å². The van der Waals surface area contributed by atoms with Gasteiger partial charge in [0, 0.05) is 43.7 Å². The molecule has 4 rings (SSSR count). The van der Waals surface area contributed by atoms with E-state index in [1.54, 1.807) is 0 Å². The number of fused-ring (bicyclic) bond motifs is 1. The second kappa shape index (κ2) is 10.4. The first-order chi connectivity index (χ1) is 15.2. The smallest absolute Gasteiger partial charge is 0.303 e. The second-order valence-corrected chi connectivity index (χ2v) is 9.39. The third kappa shape index (κ3) is 4.83. The molecule has 7 nitrogen and oxygen atoms in total. The highest BCUT2D eigenvalue weighted by Gasteiger charge is 2.33. The molecule has 1 aliphatic carbocycles. The normalized spacial score (nSPS) is 23.9. The van der Waals surface area contributed by atoms with Gasteiger partial charge in [0.05, 0.1) is 11.0 Å². The Bertz CT molecular complexity index is 964. The minimum Gasteiger partial charge on any atom is -0.303 e. The van der Waals surface area contributed by atoms with Crippen LogP contribution in [0.3, 0.4) is 0 Å². The van der Waals surface area contributed by atoms with Crippen LogP contribution in [0.1, 0.15) is 64.3 Å². The van der Waals surface area contributed by atoms with Gasteiger partial charge in [-0.15, -0.1) is 0 Å². The molecule has 0 N–H and O–H groups in total. The number of para-hydroxylation sites is 2. The van der Waals surface area contributed by atoms with Gasteiger partial charge in [0.2, 0.25) is 0 Å². The number of aryl methyl sites for hydroxylation is 1. The van der Waals surface area contributed by atoms with Gasteiger partial charge in [-0.25, -0.2) is 4.79 Å². The van der Waals surface area contributed by atoms with Crippen LogP contribution in [-0.4, -0.2) is 40.2 Å². The van der Waals surface area contributed by atoms with Crippen LogP contribution >= 0.6 is 0 Å². The van der Waals surface area contributed by atoms with E-state index in [-0.39, 0.29) is 17.6 Å². The summed E-state index contributed by atoms with van der Waals surface area (Å²) in [5.74, 6) is 0.939. The third-order valence-electron chi connectivity index (χ3n) is 7.42. The predicted octanol–water partition coefficient (Wildman–Crippen LogP) is 5.36. The number of hydrogen-bond donors (Lipinski definition) is 0. The lowest BCUT2D eigenvalue weighted by atomic mass is 9.88. The minimum atomic E-state index is 0.0631.